The smallest absolute Gasteiger partial charge is 0.132 e. The Kier molecular flexibility index (Phi) is 13.4. The molecule has 1 rings (SSSR count). The van der Waals surface area contributed by atoms with Gasteiger partial charge in [0.25, 0.3) is 0 Å². The average Bonchev–Trinajstić information content (AvgIpc) is 2.61. The third-order valence-corrected chi connectivity index (χ3v) is 6.03. The van der Waals surface area contributed by atoms with E-state index in [2.05, 4.69) is 61.8 Å². The summed E-state index contributed by atoms with van der Waals surface area (Å²) in [6.45, 7) is 5.27. The van der Waals surface area contributed by atoms with E-state index < -0.39 is 0 Å². The fraction of sp³-hybridized carbons (Fsp3) is 0.739. The second kappa shape index (κ2) is 14.6. The number of quaternary nitrogens is 1. The van der Waals surface area contributed by atoms with Crippen LogP contribution in [0.2, 0.25) is 0 Å². The standard InChI is InChI=1S/C23H41INO2/c1-4-5-6-7-8-9-10-11-19-27-23-15-14-21(20-22(23)24)13-12-16-25(2,3)17-18-26/h14-15,20,26H,4-13,16-19H2,1-3H3/q+1. The zero-order chi connectivity index (χ0) is 20.0. The van der Waals surface area contributed by atoms with Crippen LogP contribution in [0.1, 0.15) is 70.3 Å². The molecule has 3 nitrogen and oxygen atoms in total. The quantitative estimate of drug-likeness (QED) is 0.180. The number of aliphatic hydroxyl groups is 1. The summed E-state index contributed by atoms with van der Waals surface area (Å²) in [6.07, 6.45) is 12.9. The average molecular weight is 490 g/mol. The van der Waals surface area contributed by atoms with Crippen LogP contribution in [0.3, 0.4) is 0 Å². The molecule has 0 saturated carbocycles. The Balaban J connectivity index is 2.21. The molecular formula is C23H41INO2+. The number of hydrogen-bond donors (Lipinski definition) is 1. The van der Waals surface area contributed by atoms with Crippen molar-refractivity contribution in [1.29, 1.82) is 0 Å². The molecule has 0 saturated heterocycles. The van der Waals surface area contributed by atoms with Gasteiger partial charge in [-0.05, 0) is 53.1 Å². The first kappa shape index (κ1) is 24.7. The highest BCUT2D eigenvalue weighted by atomic mass is 127. The van der Waals surface area contributed by atoms with E-state index in [4.69, 9.17) is 9.84 Å². The lowest BCUT2D eigenvalue weighted by Crippen LogP contribution is -2.42. The van der Waals surface area contributed by atoms with Crippen LogP contribution < -0.4 is 4.74 Å². The molecule has 0 atom stereocenters. The molecule has 27 heavy (non-hydrogen) atoms. The summed E-state index contributed by atoms with van der Waals surface area (Å²) in [5.74, 6) is 1.03. The van der Waals surface area contributed by atoms with Gasteiger partial charge in [0.05, 0.1) is 37.4 Å². The lowest BCUT2D eigenvalue weighted by Gasteiger charge is -2.28. The zero-order valence-corrected chi connectivity index (χ0v) is 20.0. The van der Waals surface area contributed by atoms with Gasteiger partial charge < -0.3 is 14.3 Å². The third kappa shape index (κ3) is 12.0. The number of benzene rings is 1. The third-order valence-electron chi connectivity index (χ3n) is 5.19. The molecule has 156 valence electrons. The van der Waals surface area contributed by atoms with E-state index in [1.54, 1.807) is 0 Å². The van der Waals surface area contributed by atoms with Gasteiger partial charge in [-0.1, -0.05) is 57.9 Å². The van der Waals surface area contributed by atoms with Gasteiger partial charge in [0.1, 0.15) is 12.3 Å². The number of unbranched alkanes of at least 4 members (excludes halogenated alkanes) is 7. The van der Waals surface area contributed by atoms with Crippen LogP contribution >= 0.6 is 22.6 Å². The predicted octanol–water partition coefficient (Wildman–Crippen LogP) is 5.81. The van der Waals surface area contributed by atoms with Gasteiger partial charge >= 0.3 is 0 Å². The summed E-state index contributed by atoms with van der Waals surface area (Å²) < 4.78 is 8.09. The zero-order valence-electron chi connectivity index (χ0n) is 17.8. The van der Waals surface area contributed by atoms with Crippen molar-refractivity contribution in [2.45, 2.75) is 71.1 Å². The van der Waals surface area contributed by atoms with Crippen LogP contribution in [0.15, 0.2) is 18.2 Å². The maximum absolute atomic E-state index is 9.12. The Labute approximate surface area is 181 Å². The molecule has 0 bridgehead atoms. The summed E-state index contributed by atoms with van der Waals surface area (Å²) in [4.78, 5) is 0. The first-order chi connectivity index (χ1) is 13.0. The number of rotatable bonds is 16. The van der Waals surface area contributed by atoms with E-state index in [-0.39, 0.29) is 6.61 Å². The molecule has 0 amide bonds. The number of hydrogen-bond acceptors (Lipinski definition) is 2. The van der Waals surface area contributed by atoms with Crippen molar-refractivity contribution in [1.82, 2.24) is 0 Å². The number of nitrogens with zero attached hydrogens (tertiary/aromatic N) is 1. The molecule has 0 heterocycles. The van der Waals surface area contributed by atoms with E-state index in [1.807, 2.05) is 0 Å². The minimum atomic E-state index is 0.260. The summed E-state index contributed by atoms with van der Waals surface area (Å²) in [5.41, 5.74) is 1.38. The maximum atomic E-state index is 9.12. The highest BCUT2D eigenvalue weighted by Crippen LogP contribution is 2.23. The van der Waals surface area contributed by atoms with Crippen molar-refractivity contribution in [3.63, 3.8) is 0 Å². The highest BCUT2D eigenvalue weighted by molar-refractivity contribution is 14.1. The molecule has 1 aromatic carbocycles. The van der Waals surface area contributed by atoms with Crippen molar-refractivity contribution in [2.75, 3.05) is 40.4 Å². The largest absolute Gasteiger partial charge is 0.492 e. The van der Waals surface area contributed by atoms with E-state index in [0.717, 1.165) is 49.2 Å². The normalized spacial score (nSPS) is 11.7. The molecule has 0 aromatic heterocycles. The molecule has 0 spiro atoms. The van der Waals surface area contributed by atoms with Crippen LogP contribution in [0.5, 0.6) is 5.75 Å². The lowest BCUT2D eigenvalue weighted by atomic mass is 10.1. The number of halogens is 1. The van der Waals surface area contributed by atoms with Gasteiger partial charge in [0.2, 0.25) is 0 Å². The van der Waals surface area contributed by atoms with Gasteiger partial charge in [-0.15, -0.1) is 0 Å². The van der Waals surface area contributed by atoms with Crippen molar-refractivity contribution in [3.05, 3.63) is 27.3 Å². The Bertz CT molecular complexity index is 505. The summed E-state index contributed by atoms with van der Waals surface area (Å²) in [7, 11) is 4.37. The van der Waals surface area contributed by atoms with Crippen molar-refractivity contribution in [3.8, 4) is 5.75 Å². The minimum Gasteiger partial charge on any atom is -0.492 e. The SMILES string of the molecule is CCCCCCCCCCOc1ccc(CCC[N+](C)(C)CCO)cc1I. The molecule has 0 aliphatic heterocycles. The number of aliphatic hydroxyl groups excluding tert-OH is 1. The van der Waals surface area contributed by atoms with Crippen molar-refractivity contribution >= 4 is 22.6 Å². The second-order valence-corrected chi connectivity index (χ2v) is 9.46. The number of ether oxygens (including phenoxy) is 1. The lowest BCUT2D eigenvalue weighted by molar-refractivity contribution is -0.890. The molecular weight excluding hydrogens is 449 g/mol. The monoisotopic (exact) mass is 490 g/mol. The Morgan fingerprint density at radius 3 is 2.22 bits per heavy atom. The molecule has 0 aliphatic carbocycles. The number of aryl methyl sites for hydroxylation is 1. The van der Waals surface area contributed by atoms with Crippen LogP contribution in [0.4, 0.5) is 0 Å². The molecule has 0 unspecified atom stereocenters. The van der Waals surface area contributed by atoms with Crippen LogP contribution in [-0.4, -0.2) is 50.0 Å². The second-order valence-electron chi connectivity index (χ2n) is 8.30. The molecule has 0 radical (unpaired) electrons. The van der Waals surface area contributed by atoms with E-state index in [1.165, 1.54) is 54.1 Å². The number of likely N-dealkylation sites (N-methyl/N-ethyl adjacent to an activating group) is 1. The van der Waals surface area contributed by atoms with Crippen LogP contribution in [0.25, 0.3) is 0 Å². The Morgan fingerprint density at radius 1 is 0.926 bits per heavy atom. The maximum Gasteiger partial charge on any atom is 0.132 e. The fourth-order valence-electron chi connectivity index (χ4n) is 3.33. The minimum absolute atomic E-state index is 0.260. The topological polar surface area (TPSA) is 29.5 Å². The fourth-order valence-corrected chi connectivity index (χ4v) is 4.06. The summed E-state index contributed by atoms with van der Waals surface area (Å²) in [6, 6.07) is 6.60. The van der Waals surface area contributed by atoms with E-state index in [9.17, 15) is 0 Å². The molecule has 4 heteroatoms. The van der Waals surface area contributed by atoms with Gasteiger partial charge in [-0.25, -0.2) is 0 Å². The first-order valence-electron chi connectivity index (χ1n) is 10.8. The predicted molar refractivity (Wildman–Crippen MR) is 125 cm³/mol. The molecule has 0 aliphatic rings. The molecule has 1 N–H and O–H groups in total. The van der Waals surface area contributed by atoms with Crippen molar-refractivity contribution in [2.24, 2.45) is 0 Å². The van der Waals surface area contributed by atoms with E-state index >= 15 is 0 Å². The van der Waals surface area contributed by atoms with Gasteiger partial charge in [-0.3, -0.25) is 0 Å². The Morgan fingerprint density at radius 2 is 1.59 bits per heavy atom. The summed E-state index contributed by atoms with van der Waals surface area (Å²) in [5, 5.41) is 9.12. The van der Waals surface area contributed by atoms with Gasteiger partial charge in [0.15, 0.2) is 0 Å². The van der Waals surface area contributed by atoms with Crippen LogP contribution in [-0.2, 0) is 6.42 Å². The first-order valence-corrected chi connectivity index (χ1v) is 11.9. The summed E-state index contributed by atoms with van der Waals surface area (Å²) >= 11 is 2.39. The van der Waals surface area contributed by atoms with Gasteiger partial charge in [0, 0.05) is 6.42 Å². The molecule has 1 aromatic rings. The van der Waals surface area contributed by atoms with E-state index in [0.29, 0.717) is 0 Å². The Hall–Kier alpha value is -0.330. The van der Waals surface area contributed by atoms with Crippen molar-refractivity contribution < 1.29 is 14.3 Å². The molecule has 0 fully saturated rings. The van der Waals surface area contributed by atoms with Gasteiger partial charge in [-0.2, -0.15) is 0 Å². The highest BCUT2D eigenvalue weighted by Gasteiger charge is 2.13. The van der Waals surface area contributed by atoms with Crippen LogP contribution in [0, 0.1) is 3.57 Å².